The van der Waals surface area contributed by atoms with Crippen molar-refractivity contribution in [1.29, 1.82) is 5.26 Å². The van der Waals surface area contributed by atoms with Gasteiger partial charge < -0.3 is 5.32 Å². The second kappa shape index (κ2) is 4.10. The molecule has 0 fully saturated rings. The molecule has 1 unspecified atom stereocenters. The fraction of sp³-hybridized carbons (Fsp3) is 0.333. The number of hydrogen-bond acceptors (Lipinski definition) is 4. The van der Waals surface area contributed by atoms with Crippen molar-refractivity contribution in [1.82, 2.24) is 0 Å². The predicted molar refractivity (Wildman–Crippen MR) is 65.7 cm³/mol. The molecule has 0 saturated carbocycles. The van der Waals surface area contributed by atoms with E-state index in [1.807, 2.05) is 6.92 Å². The zero-order chi connectivity index (χ0) is 13.5. The molecule has 1 amide bonds. The number of hydrogen-bond donors (Lipinski definition) is 1. The minimum Gasteiger partial charge on any atom is -0.324 e. The average molecular weight is 264 g/mol. The van der Waals surface area contributed by atoms with Crippen molar-refractivity contribution in [3.8, 4) is 6.07 Å². The van der Waals surface area contributed by atoms with E-state index in [0.717, 1.165) is 11.1 Å². The Morgan fingerprint density at radius 2 is 1.94 bits per heavy atom. The number of carbonyl (C=O) groups excluding carboxylic acids is 1. The van der Waals surface area contributed by atoms with Crippen LogP contribution in [0.15, 0.2) is 17.0 Å². The lowest BCUT2D eigenvalue weighted by molar-refractivity contribution is -0.115. The highest BCUT2D eigenvalue weighted by molar-refractivity contribution is 7.93. The Bertz CT molecular complexity index is 671. The van der Waals surface area contributed by atoms with Gasteiger partial charge in [-0.2, -0.15) is 5.26 Å². The third-order valence-electron chi connectivity index (χ3n) is 3.10. The first-order valence-corrected chi connectivity index (χ1v) is 6.95. The quantitative estimate of drug-likeness (QED) is 0.828. The van der Waals surface area contributed by atoms with Crippen LogP contribution in [-0.2, 0) is 14.6 Å². The highest BCUT2D eigenvalue weighted by Crippen LogP contribution is 2.33. The molecule has 18 heavy (non-hydrogen) atoms. The van der Waals surface area contributed by atoms with Crippen LogP contribution in [0.3, 0.4) is 0 Å². The van der Waals surface area contributed by atoms with E-state index < -0.39 is 21.0 Å². The van der Waals surface area contributed by atoms with Gasteiger partial charge in [0, 0.05) is 0 Å². The number of carbonyl (C=O) groups is 1. The second-order valence-corrected chi connectivity index (χ2v) is 6.42. The number of nitrogens with one attached hydrogen (secondary N) is 1. The Kier molecular flexibility index (Phi) is 2.87. The largest absolute Gasteiger partial charge is 0.324 e. The Labute approximate surface area is 105 Å². The summed E-state index contributed by atoms with van der Waals surface area (Å²) >= 11 is 0. The zero-order valence-electron chi connectivity index (χ0n) is 10.0. The Morgan fingerprint density at radius 1 is 1.33 bits per heavy atom. The molecule has 1 aliphatic heterocycles. The Hall–Kier alpha value is -1.87. The predicted octanol–water partition coefficient (Wildman–Crippen LogP) is 1.31. The average Bonchev–Trinajstić information content (AvgIpc) is 2.28. The minimum atomic E-state index is -3.77. The molecule has 0 radical (unpaired) electrons. The molecule has 0 saturated heterocycles. The summed E-state index contributed by atoms with van der Waals surface area (Å²) in [5.41, 5.74) is 2.05. The summed E-state index contributed by atoms with van der Waals surface area (Å²) in [6.45, 7) is 3.65. The molecule has 1 heterocycles. The molecule has 0 aliphatic carbocycles. The van der Waals surface area contributed by atoms with Crippen LogP contribution in [0.25, 0.3) is 0 Å². The molecule has 6 heteroatoms. The van der Waals surface area contributed by atoms with E-state index in [2.05, 4.69) is 5.32 Å². The maximum Gasteiger partial charge on any atom is 0.244 e. The number of rotatable bonds is 1. The third-order valence-corrected chi connectivity index (χ3v) is 5.18. The maximum absolute atomic E-state index is 12.3. The number of anilines is 1. The lowest BCUT2D eigenvalue weighted by Crippen LogP contribution is -2.39. The van der Waals surface area contributed by atoms with Gasteiger partial charge in [0.2, 0.25) is 5.91 Å². The second-order valence-electron chi connectivity index (χ2n) is 4.32. The first kappa shape index (κ1) is 12.6. The van der Waals surface area contributed by atoms with Gasteiger partial charge in [0.1, 0.15) is 0 Å². The molecule has 1 N–H and O–H groups in total. The van der Waals surface area contributed by atoms with E-state index in [1.165, 1.54) is 0 Å². The van der Waals surface area contributed by atoms with Crippen LogP contribution in [-0.4, -0.2) is 19.6 Å². The van der Waals surface area contributed by atoms with Gasteiger partial charge in [-0.05, 0) is 37.1 Å². The number of benzene rings is 1. The van der Waals surface area contributed by atoms with Gasteiger partial charge in [-0.15, -0.1) is 0 Å². The summed E-state index contributed by atoms with van der Waals surface area (Å²) in [4.78, 5) is 11.8. The summed E-state index contributed by atoms with van der Waals surface area (Å²) in [7, 11) is -3.77. The molecule has 2 rings (SSSR count). The SMILES string of the molecule is Cc1cc2c(cc1C)S(=O)(=O)C(CC#N)C(=O)N2. The first-order chi connectivity index (χ1) is 8.37. The van der Waals surface area contributed by atoms with E-state index in [9.17, 15) is 13.2 Å². The maximum atomic E-state index is 12.3. The molecule has 0 bridgehead atoms. The molecular weight excluding hydrogens is 252 g/mol. The zero-order valence-corrected chi connectivity index (χ0v) is 10.8. The fourth-order valence-electron chi connectivity index (χ4n) is 1.92. The molecule has 1 aliphatic rings. The Morgan fingerprint density at radius 3 is 2.56 bits per heavy atom. The monoisotopic (exact) mass is 264 g/mol. The van der Waals surface area contributed by atoms with Gasteiger partial charge in [-0.25, -0.2) is 8.42 Å². The van der Waals surface area contributed by atoms with Gasteiger partial charge in [0.05, 0.1) is 23.1 Å². The number of amides is 1. The van der Waals surface area contributed by atoms with Crippen molar-refractivity contribution in [2.24, 2.45) is 0 Å². The highest BCUT2D eigenvalue weighted by atomic mass is 32.2. The smallest absolute Gasteiger partial charge is 0.244 e. The summed E-state index contributed by atoms with van der Waals surface area (Å²) in [5.74, 6) is -0.632. The van der Waals surface area contributed by atoms with Gasteiger partial charge in [0.15, 0.2) is 15.1 Å². The topological polar surface area (TPSA) is 87.0 Å². The number of sulfone groups is 1. The first-order valence-electron chi connectivity index (χ1n) is 5.41. The van der Waals surface area contributed by atoms with Gasteiger partial charge >= 0.3 is 0 Å². The highest BCUT2D eigenvalue weighted by Gasteiger charge is 2.40. The van der Waals surface area contributed by atoms with Crippen LogP contribution >= 0.6 is 0 Å². The molecule has 0 aromatic heterocycles. The number of aryl methyl sites for hydroxylation is 2. The molecule has 94 valence electrons. The molecule has 1 aromatic rings. The van der Waals surface area contributed by atoms with E-state index in [-0.39, 0.29) is 11.3 Å². The molecular formula is C12H12N2O3S. The summed E-state index contributed by atoms with van der Waals surface area (Å²) in [6, 6.07) is 4.93. The van der Waals surface area contributed by atoms with Crippen molar-refractivity contribution in [2.45, 2.75) is 30.4 Å². The molecule has 1 atom stereocenters. The number of fused-ring (bicyclic) bond motifs is 1. The Balaban J connectivity index is 2.67. The van der Waals surface area contributed by atoms with Crippen LogP contribution in [0.2, 0.25) is 0 Å². The van der Waals surface area contributed by atoms with Crippen molar-refractivity contribution < 1.29 is 13.2 Å². The van der Waals surface area contributed by atoms with Crippen molar-refractivity contribution in [3.05, 3.63) is 23.3 Å². The van der Waals surface area contributed by atoms with Crippen LogP contribution in [0.5, 0.6) is 0 Å². The van der Waals surface area contributed by atoms with E-state index in [0.29, 0.717) is 5.69 Å². The van der Waals surface area contributed by atoms with Crippen molar-refractivity contribution >= 4 is 21.4 Å². The van der Waals surface area contributed by atoms with Crippen molar-refractivity contribution in [2.75, 3.05) is 5.32 Å². The lowest BCUT2D eigenvalue weighted by atomic mass is 10.1. The molecule has 5 nitrogen and oxygen atoms in total. The van der Waals surface area contributed by atoms with Crippen molar-refractivity contribution in [3.63, 3.8) is 0 Å². The molecule has 1 aromatic carbocycles. The van der Waals surface area contributed by atoms with E-state index >= 15 is 0 Å². The van der Waals surface area contributed by atoms with Crippen LogP contribution in [0.1, 0.15) is 17.5 Å². The lowest BCUT2D eigenvalue weighted by Gasteiger charge is -2.24. The summed E-state index contributed by atoms with van der Waals surface area (Å²) < 4.78 is 24.5. The van der Waals surface area contributed by atoms with Gasteiger partial charge in [-0.1, -0.05) is 0 Å². The molecule has 0 spiro atoms. The summed E-state index contributed by atoms with van der Waals surface area (Å²) in [5, 5.41) is 9.86. The minimum absolute atomic E-state index is 0.102. The van der Waals surface area contributed by atoms with Gasteiger partial charge in [-0.3, -0.25) is 4.79 Å². The third kappa shape index (κ3) is 1.77. The van der Waals surface area contributed by atoms with Crippen LogP contribution in [0, 0.1) is 25.2 Å². The van der Waals surface area contributed by atoms with Crippen LogP contribution < -0.4 is 5.32 Å². The number of nitrogens with zero attached hydrogens (tertiary/aromatic N) is 1. The van der Waals surface area contributed by atoms with Crippen LogP contribution in [0.4, 0.5) is 5.69 Å². The van der Waals surface area contributed by atoms with Gasteiger partial charge in [0.25, 0.3) is 0 Å². The standard InChI is InChI=1S/C12H12N2O3S/c1-7-5-9-11(6-8(7)2)18(16,17)10(3-4-13)12(15)14-9/h5-6,10H,3H2,1-2H3,(H,14,15). The normalized spacial score (nSPS) is 20.7. The number of nitriles is 1. The summed E-state index contributed by atoms with van der Waals surface area (Å²) in [6.07, 6.45) is -0.333. The van der Waals surface area contributed by atoms with E-state index in [1.54, 1.807) is 25.1 Å². The van der Waals surface area contributed by atoms with E-state index in [4.69, 9.17) is 5.26 Å². The fourth-order valence-corrected chi connectivity index (χ4v) is 3.61.